The monoisotopic (exact) mass is 478 g/mol. The van der Waals surface area contributed by atoms with Gasteiger partial charge in [0, 0.05) is 13.0 Å². The third kappa shape index (κ3) is 4.77. The molecule has 2 N–H and O–H groups in total. The van der Waals surface area contributed by atoms with Crippen molar-refractivity contribution >= 4 is 18.0 Å². The summed E-state index contributed by atoms with van der Waals surface area (Å²) in [6.45, 7) is 4.07. The number of nitrogens with zero attached hydrogens (tertiary/aromatic N) is 1. The van der Waals surface area contributed by atoms with Crippen LogP contribution in [-0.4, -0.2) is 53.2 Å². The van der Waals surface area contributed by atoms with E-state index in [1.54, 1.807) is 0 Å². The number of alkyl carbamates (subject to hydrolysis) is 1. The van der Waals surface area contributed by atoms with Crippen LogP contribution >= 0.6 is 0 Å². The van der Waals surface area contributed by atoms with Gasteiger partial charge in [-0.3, -0.25) is 4.79 Å². The lowest BCUT2D eigenvalue weighted by molar-refractivity contribution is -0.158. The van der Waals surface area contributed by atoms with E-state index in [0.29, 0.717) is 19.3 Å². The van der Waals surface area contributed by atoms with E-state index in [9.17, 15) is 19.5 Å². The molecule has 7 nitrogen and oxygen atoms in total. The van der Waals surface area contributed by atoms with E-state index in [1.165, 1.54) is 11.9 Å². The third-order valence-electron chi connectivity index (χ3n) is 7.44. The topological polar surface area (TPSA) is 95.9 Å². The Morgan fingerprint density at radius 1 is 1.03 bits per heavy atom. The number of ether oxygens (including phenoxy) is 1. The summed E-state index contributed by atoms with van der Waals surface area (Å²) in [6.07, 6.45) is 2.09. The lowest BCUT2D eigenvalue weighted by Gasteiger charge is -2.37. The first-order valence-corrected chi connectivity index (χ1v) is 12.4. The van der Waals surface area contributed by atoms with Crippen molar-refractivity contribution in [2.24, 2.45) is 5.92 Å². The number of benzene rings is 2. The smallest absolute Gasteiger partial charge is 0.407 e. The Bertz CT molecular complexity index is 1060. The second-order valence-electron chi connectivity index (χ2n) is 10.1. The Kier molecular flexibility index (Phi) is 7.15. The van der Waals surface area contributed by atoms with Crippen molar-refractivity contribution in [1.29, 1.82) is 0 Å². The van der Waals surface area contributed by atoms with Crippen LogP contribution in [0.1, 0.15) is 63.0 Å². The first-order chi connectivity index (χ1) is 16.7. The Morgan fingerprint density at radius 2 is 1.57 bits per heavy atom. The van der Waals surface area contributed by atoms with E-state index in [2.05, 4.69) is 17.4 Å². The fraction of sp³-hybridized carbons (Fsp3) is 0.464. The van der Waals surface area contributed by atoms with E-state index < -0.39 is 29.6 Å². The average molecular weight is 479 g/mol. The van der Waals surface area contributed by atoms with Crippen molar-refractivity contribution in [2.75, 3.05) is 13.7 Å². The number of carbonyl (C=O) groups is 3. The predicted molar refractivity (Wildman–Crippen MR) is 133 cm³/mol. The molecule has 2 aromatic carbocycles. The molecule has 35 heavy (non-hydrogen) atoms. The molecule has 2 aliphatic carbocycles. The average Bonchev–Trinajstić information content (AvgIpc) is 3.46. The summed E-state index contributed by atoms with van der Waals surface area (Å²) in [5, 5.41) is 12.6. The van der Waals surface area contributed by atoms with Crippen LogP contribution in [0.25, 0.3) is 11.1 Å². The van der Waals surface area contributed by atoms with Crippen LogP contribution in [0.5, 0.6) is 0 Å². The Labute approximate surface area is 206 Å². The quantitative estimate of drug-likeness (QED) is 0.568. The van der Waals surface area contributed by atoms with E-state index in [1.807, 2.05) is 50.2 Å². The van der Waals surface area contributed by atoms with Gasteiger partial charge in [0.25, 0.3) is 0 Å². The first-order valence-electron chi connectivity index (χ1n) is 12.4. The Morgan fingerprint density at radius 3 is 2.09 bits per heavy atom. The highest BCUT2D eigenvalue weighted by Gasteiger charge is 2.48. The predicted octanol–water partition coefficient (Wildman–Crippen LogP) is 4.80. The summed E-state index contributed by atoms with van der Waals surface area (Å²) < 4.78 is 5.64. The maximum Gasteiger partial charge on any atom is 0.407 e. The summed E-state index contributed by atoms with van der Waals surface area (Å²) in [4.78, 5) is 39.7. The zero-order valence-electron chi connectivity index (χ0n) is 20.6. The van der Waals surface area contributed by atoms with E-state index in [4.69, 9.17) is 4.74 Å². The van der Waals surface area contributed by atoms with Crippen LogP contribution < -0.4 is 5.32 Å². The van der Waals surface area contributed by atoms with Gasteiger partial charge in [-0.05, 0) is 47.4 Å². The molecule has 1 atom stereocenters. The summed E-state index contributed by atoms with van der Waals surface area (Å²) in [6, 6.07) is 15.3. The number of fused-ring (bicyclic) bond motifs is 3. The molecule has 0 saturated heterocycles. The van der Waals surface area contributed by atoms with Gasteiger partial charge >= 0.3 is 12.1 Å². The highest BCUT2D eigenvalue weighted by atomic mass is 16.5. The Hall–Kier alpha value is -3.35. The molecular weight excluding hydrogens is 444 g/mol. The lowest BCUT2D eigenvalue weighted by atomic mass is 9.93. The van der Waals surface area contributed by atoms with Crippen molar-refractivity contribution in [1.82, 2.24) is 10.2 Å². The molecule has 1 saturated carbocycles. The fourth-order valence-corrected chi connectivity index (χ4v) is 5.57. The minimum atomic E-state index is -1.21. The van der Waals surface area contributed by atoms with Gasteiger partial charge in [0.05, 0.1) is 0 Å². The standard InChI is InChI=1S/C28H34N2O5/c1-18(2)16-24(25(31)30(3)28(26(32)33)14-8-9-15-28)29-27(34)35-17-23-21-12-6-4-10-19(21)20-11-5-7-13-22(20)23/h4-7,10-13,18,23-24H,8-9,14-17H2,1-3H3,(H,29,34)(H,32,33)/t24-/m1/s1. The van der Waals surface area contributed by atoms with Crippen molar-refractivity contribution < 1.29 is 24.2 Å². The van der Waals surface area contributed by atoms with Crippen LogP contribution in [0.3, 0.4) is 0 Å². The van der Waals surface area contributed by atoms with Crippen molar-refractivity contribution in [3.05, 3.63) is 59.7 Å². The van der Waals surface area contributed by atoms with Crippen molar-refractivity contribution in [2.45, 2.75) is 63.5 Å². The van der Waals surface area contributed by atoms with E-state index in [-0.39, 0.29) is 18.4 Å². The molecule has 0 aromatic heterocycles. The molecule has 2 aromatic rings. The molecule has 0 unspecified atom stereocenters. The largest absolute Gasteiger partial charge is 0.479 e. The fourth-order valence-electron chi connectivity index (χ4n) is 5.57. The lowest BCUT2D eigenvalue weighted by Crippen LogP contribution is -2.59. The summed E-state index contributed by atoms with van der Waals surface area (Å²) in [5.74, 6) is -1.34. The van der Waals surface area contributed by atoms with Crippen LogP contribution in [0.15, 0.2) is 48.5 Å². The molecule has 2 aliphatic rings. The van der Waals surface area contributed by atoms with Crippen molar-refractivity contribution in [3.63, 3.8) is 0 Å². The van der Waals surface area contributed by atoms with Gasteiger partial charge < -0.3 is 20.1 Å². The highest BCUT2D eigenvalue weighted by molar-refractivity contribution is 5.91. The third-order valence-corrected chi connectivity index (χ3v) is 7.44. The number of aliphatic carboxylic acids is 1. The number of nitrogens with one attached hydrogen (secondary N) is 1. The number of carboxylic acid groups (broad SMARTS) is 1. The maximum absolute atomic E-state index is 13.4. The van der Waals surface area contributed by atoms with Gasteiger partial charge in [0.15, 0.2) is 0 Å². The number of hydrogen-bond donors (Lipinski definition) is 2. The molecule has 0 aliphatic heterocycles. The van der Waals surface area contributed by atoms with E-state index in [0.717, 1.165) is 35.1 Å². The van der Waals surface area contributed by atoms with Crippen LogP contribution in [0.4, 0.5) is 4.79 Å². The number of amides is 2. The molecule has 2 amide bonds. The summed E-state index contributed by atoms with van der Waals surface area (Å²) in [7, 11) is 1.54. The number of carboxylic acids is 1. The van der Waals surface area contributed by atoms with Gasteiger partial charge in [0.1, 0.15) is 18.2 Å². The number of carbonyl (C=O) groups excluding carboxylic acids is 2. The minimum absolute atomic E-state index is 0.0798. The first kappa shape index (κ1) is 24.8. The van der Waals surface area contributed by atoms with Crippen molar-refractivity contribution in [3.8, 4) is 11.1 Å². The zero-order valence-corrected chi connectivity index (χ0v) is 20.6. The number of likely N-dealkylation sites (N-methyl/N-ethyl adjacent to an activating group) is 1. The van der Waals surface area contributed by atoms with Crippen LogP contribution in [-0.2, 0) is 14.3 Å². The normalized spacial score (nSPS) is 16.9. The van der Waals surface area contributed by atoms with Gasteiger partial charge in [0.2, 0.25) is 5.91 Å². The van der Waals surface area contributed by atoms with Crippen LogP contribution in [0, 0.1) is 5.92 Å². The maximum atomic E-state index is 13.4. The van der Waals surface area contributed by atoms with E-state index >= 15 is 0 Å². The highest BCUT2D eigenvalue weighted by Crippen LogP contribution is 2.44. The SMILES string of the molecule is CC(C)C[C@@H](NC(=O)OCC1c2ccccc2-c2ccccc21)C(=O)N(C)C1(C(=O)O)CCCC1. The Balaban J connectivity index is 1.46. The molecule has 1 fully saturated rings. The molecule has 7 heteroatoms. The molecular formula is C28H34N2O5. The van der Waals surface area contributed by atoms with Crippen LogP contribution in [0.2, 0.25) is 0 Å². The molecule has 4 rings (SSSR count). The summed E-state index contributed by atoms with van der Waals surface area (Å²) in [5.41, 5.74) is 3.29. The number of hydrogen-bond acceptors (Lipinski definition) is 4. The second-order valence-corrected chi connectivity index (χ2v) is 10.1. The van der Waals surface area contributed by atoms with Gasteiger partial charge in [-0.25, -0.2) is 9.59 Å². The minimum Gasteiger partial charge on any atom is -0.479 e. The second kappa shape index (κ2) is 10.1. The van der Waals surface area contributed by atoms with Gasteiger partial charge in [-0.15, -0.1) is 0 Å². The number of rotatable bonds is 8. The zero-order chi connectivity index (χ0) is 25.2. The van der Waals surface area contributed by atoms with Gasteiger partial charge in [-0.1, -0.05) is 75.2 Å². The molecule has 0 spiro atoms. The van der Waals surface area contributed by atoms with Gasteiger partial charge in [-0.2, -0.15) is 0 Å². The molecule has 186 valence electrons. The molecule has 0 bridgehead atoms. The summed E-state index contributed by atoms with van der Waals surface area (Å²) >= 11 is 0. The molecule has 0 heterocycles. The molecule has 0 radical (unpaired) electrons.